The molecule has 0 atom stereocenters. The van der Waals surface area contributed by atoms with Crippen LogP contribution in [0.2, 0.25) is 10.0 Å². The number of carbonyl (C=O) groups excluding carboxylic acids is 1. The zero-order valence-electron chi connectivity index (χ0n) is 12.4. The second-order valence-corrected chi connectivity index (χ2v) is 6.75. The van der Waals surface area contributed by atoms with E-state index in [9.17, 15) is 4.79 Å². The summed E-state index contributed by atoms with van der Waals surface area (Å²) in [5.41, 5.74) is 1.78. The van der Waals surface area contributed by atoms with Crippen LogP contribution in [0.3, 0.4) is 0 Å². The van der Waals surface area contributed by atoms with Gasteiger partial charge in [0.05, 0.1) is 5.41 Å². The summed E-state index contributed by atoms with van der Waals surface area (Å²) in [4.78, 5) is 14.6. The highest BCUT2D eigenvalue weighted by Gasteiger charge is 2.52. The van der Waals surface area contributed by atoms with E-state index in [-0.39, 0.29) is 11.3 Å². The van der Waals surface area contributed by atoms with Crippen molar-refractivity contribution in [1.29, 1.82) is 0 Å². The summed E-state index contributed by atoms with van der Waals surface area (Å²) in [6.45, 7) is 0.589. The van der Waals surface area contributed by atoms with Crippen LogP contribution in [0.4, 0.5) is 0 Å². The number of carbonyl (C=O) groups is 1. The quantitative estimate of drug-likeness (QED) is 0.795. The van der Waals surface area contributed by atoms with E-state index in [1.165, 1.54) is 0 Å². The van der Waals surface area contributed by atoms with E-state index in [1.807, 2.05) is 55.6 Å². The van der Waals surface area contributed by atoms with Crippen LogP contribution >= 0.6 is 23.2 Å². The Balaban J connectivity index is 1.75. The van der Waals surface area contributed by atoms with Crippen molar-refractivity contribution in [2.75, 3.05) is 7.05 Å². The summed E-state index contributed by atoms with van der Waals surface area (Å²) in [6, 6.07) is 15.2. The maximum absolute atomic E-state index is 12.9. The molecule has 0 bridgehead atoms. The lowest BCUT2D eigenvalue weighted by molar-refractivity contribution is -0.133. The second-order valence-electron chi connectivity index (χ2n) is 5.88. The van der Waals surface area contributed by atoms with Gasteiger partial charge in [-0.05, 0) is 48.2 Å². The molecule has 3 rings (SSSR count). The Morgan fingerprint density at radius 3 is 2.00 bits per heavy atom. The van der Waals surface area contributed by atoms with Crippen molar-refractivity contribution in [3.8, 4) is 0 Å². The lowest BCUT2D eigenvalue weighted by atomic mass is 9.94. The predicted molar refractivity (Wildman–Crippen MR) is 90.3 cm³/mol. The monoisotopic (exact) mass is 333 g/mol. The summed E-state index contributed by atoms with van der Waals surface area (Å²) in [7, 11) is 1.85. The Hall–Kier alpha value is -1.51. The zero-order valence-corrected chi connectivity index (χ0v) is 13.9. The van der Waals surface area contributed by atoms with Crippen LogP contribution in [-0.4, -0.2) is 17.9 Å². The van der Waals surface area contributed by atoms with E-state index in [0.29, 0.717) is 16.6 Å². The molecule has 0 unspecified atom stereocenters. The summed E-state index contributed by atoms with van der Waals surface area (Å²) in [6.07, 6.45) is 1.80. The Labute approximate surface area is 140 Å². The number of likely N-dealkylation sites (N-methyl/N-ethyl adjacent to an activating group) is 1. The SMILES string of the molecule is CN(Cc1ccc(Cl)cc1)C(=O)C1(c2ccc(Cl)cc2)CC1. The van der Waals surface area contributed by atoms with Crippen molar-refractivity contribution >= 4 is 29.1 Å². The van der Waals surface area contributed by atoms with Crippen LogP contribution < -0.4 is 0 Å². The first-order valence-corrected chi connectivity index (χ1v) is 8.03. The van der Waals surface area contributed by atoms with Crippen molar-refractivity contribution in [1.82, 2.24) is 4.90 Å². The van der Waals surface area contributed by atoms with Gasteiger partial charge in [-0.25, -0.2) is 0 Å². The fourth-order valence-electron chi connectivity index (χ4n) is 2.82. The molecule has 0 aromatic heterocycles. The predicted octanol–water partition coefficient (Wildman–Crippen LogP) is 4.68. The van der Waals surface area contributed by atoms with Gasteiger partial charge >= 0.3 is 0 Å². The van der Waals surface area contributed by atoms with E-state index in [0.717, 1.165) is 24.0 Å². The molecule has 2 aromatic rings. The number of nitrogens with zero attached hydrogens (tertiary/aromatic N) is 1. The number of halogens is 2. The topological polar surface area (TPSA) is 20.3 Å². The fraction of sp³-hybridized carbons (Fsp3) is 0.278. The first-order valence-electron chi connectivity index (χ1n) is 7.27. The summed E-state index contributed by atoms with van der Waals surface area (Å²) >= 11 is 11.8. The van der Waals surface area contributed by atoms with Crippen LogP contribution in [0.5, 0.6) is 0 Å². The van der Waals surface area contributed by atoms with Crippen molar-refractivity contribution in [3.05, 3.63) is 69.7 Å². The number of rotatable bonds is 4. The summed E-state index contributed by atoms with van der Waals surface area (Å²) in [5.74, 6) is 0.171. The molecule has 1 amide bonds. The average Bonchev–Trinajstić information content (AvgIpc) is 3.31. The van der Waals surface area contributed by atoms with Crippen molar-refractivity contribution in [2.45, 2.75) is 24.8 Å². The van der Waals surface area contributed by atoms with Gasteiger partial charge in [-0.3, -0.25) is 4.79 Å². The first-order chi connectivity index (χ1) is 10.5. The van der Waals surface area contributed by atoms with E-state index < -0.39 is 0 Å². The van der Waals surface area contributed by atoms with Gasteiger partial charge in [0.1, 0.15) is 0 Å². The van der Waals surface area contributed by atoms with Gasteiger partial charge in [-0.1, -0.05) is 47.5 Å². The van der Waals surface area contributed by atoms with Gasteiger partial charge in [0, 0.05) is 23.6 Å². The molecular formula is C18H17Cl2NO. The molecule has 1 aliphatic carbocycles. The molecule has 1 aliphatic rings. The third kappa shape index (κ3) is 2.99. The van der Waals surface area contributed by atoms with Gasteiger partial charge in [0.2, 0.25) is 5.91 Å². The van der Waals surface area contributed by atoms with Gasteiger partial charge in [0.25, 0.3) is 0 Å². The standard InChI is InChI=1S/C18H17Cl2NO/c1-21(12-13-2-6-15(19)7-3-13)17(22)18(10-11-18)14-4-8-16(20)9-5-14/h2-9H,10-12H2,1H3. The summed E-state index contributed by atoms with van der Waals surface area (Å²) in [5, 5.41) is 1.40. The van der Waals surface area contributed by atoms with Crippen LogP contribution in [0.25, 0.3) is 0 Å². The van der Waals surface area contributed by atoms with Crippen molar-refractivity contribution in [3.63, 3.8) is 0 Å². The average molecular weight is 334 g/mol. The molecular weight excluding hydrogens is 317 g/mol. The first kappa shape index (κ1) is 15.4. The lowest BCUT2D eigenvalue weighted by Crippen LogP contribution is -2.36. The molecule has 0 radical (unpaired) electrons. The third-order valence-electron chi connectivity index (χ3n) is 4.24. The third-order valence-corrected chi connectivity index (χ3v) is 4.74. The van der Waals surface area contributed by atoms with Crippen LogP contribution in [0.1, 0.15) is 24.0 Å². The molecule has 4 heteroatoms. The second kappa shape index (κ2) is 5.94. The number of hydrogen-bond acceptors (Lipinski definition) is 1. The van der Waals surface area contributed by atoms with Gasteiger partial charge < -0.3 is 4.90 Å². The van der Waals surface area contributed by atoms with Gasteiger partial charge in [-0.15, -0.1) is 0 Å². The van der Waals surface area contributed by atoms with Crippen molar-refractivity contribution in [2.24, 2.45) is 0 Å². The Kier molecular flexibility index (Phi) is 4.16. The zero-order chi connectivity index (χ0) is 15.7. The van der Waals surface area contributed by atoms with E-state index in [1.54, 1.807) is 4.90 Å². The Morgan fingerprint density at radius 1 is 1.00 bits per heavy atom. The molecule has 0 spiro atoms. The molecule has 1 fully saturated rings. The van der Waals surface area contributed by atoms with Crippen molar-refractivity contribution < 1.29 is 4.79 Å². The van der Waals surface area contributed by atoms with Crippen LogP contribution in [-0.2, 0) is 16.8 Å². The molecule has 0 aliphatic heterocycles. The minimum atomic E-state index is -0.355. The summed E-state index contributed by atoms with van der Waals surface area (Å²) < 4.78 is 0. The molecule has 2 aromatic carbocycles. The highest BCUT2D eigenvalue weighted by Crippen LogP contribution is 2.49. The van der Waals surface area contributed by atoms with Crippen LogP contribution in [0, 0.1) is 0 Å². The number of hydrogen-bond donors (Lipinski definition) is 0. The smallest absolute Gasteiger partial charge is 0.233 e. The minimum absolute atomic E-state index is 0.171. The molecule has 0 N–H and O–H groups in total. The normalized spacial score (nSPS) is 15.4. The van der Waals surface area contributed by atoms with E-state index in [2.05, 4.69) is 0 Å². The van der Waals surface area contributed by atoms with Crippen LogP contribution in [0.15, 0.2) is 48.5 Å². The Bertz CT molecular complexity index is 675. The molecule has 2 nitrogen and oxygen atoms in total. The van der Waals surface area contributed by atoms with E-state index >= 15 is 0 Å². The fourth-order valence-corrected chi connectivity index (χ4v) is 3.07. The van der Waals surface area contributed by atoms with Gasteiger partial charge in [0.15, 0.2) is 0 Å². The number of amides is 1. The lowest BCUT2D eigenvalue weighted by Gasteiger charge is -2.24. The highest BCUT2D eigenvalue weighted by atomic mass is 35.5. The maximum Gasteiger partial charge on any atom is 0.233 e. The maximum atomic E-state index is 12.9. The Morgan fingerprint density at radius 2 is 1.50 bits per heavy atom. The molecule has 0 heterocycles. The van der Waals surface area contributed by atoms with Gasteiger partial charge in [-0.2, -0.15) is 0 Å². The highest BCUT2D eigenvalue weighted by molar-refractivity contribution is 6.30. The minimum Gasteiger partial charge on any atom is -0.341 e. The largest absolute Gasteiger partial charge is 0.341 e. The number of benzene rings is 2. The molecule has 1 saturated carbocycles. The molecule has 0 saturated heterocycles. The van der Waals surface area contributed by atoms with E-state index in [4.69, 9.17) is 23.2 Å². The molecule has 22 heavy (non-hydrogen) atoms. The molecule has 114 valence electrons.